The third-order valence-electron chi connectivity index (χ3n) is 3.67. The van der Waals surface area contributed by atoms with Crippen LogP contribution in [0.3, 0.4) is 0 Å². The molecule has 0 aliphatic carbocycles. The molecule has 23 heavy (non-hydrogen) atoms. The monoisotopic (exact) mass is 330 g/mol. The SMILES string of the molecule is COCCOC1C(OC)[C@@H](COC)O[C@H]1c1c[nH]c(=O)[nH]c1=O. The van der Waals surface area contributed by atoms with Crippen LogP contribution in [-0.4, -0.2) is 69.4 Å². The second-order valence-electron chi connectivity index (χ2n) is 5.11. The molecule has 9 heteroatoms. The van der Waals surface area contributed by atoms with Crippen molar-refractivity contribution in [1.29, 1.82) is 0 Å². The molecule has 2 heterocycles. The first-order valence-corrected chi connectivity index (χ1v) is 7.22. The van der Waals surface area contributed by atoms with Gasteiger partial charge in [-0.3, -0.25) is 9.78 Å². The van der Waals surface area contributed by atoms with Gasteiger partial charge in [0.05, 0.1) is 25.4 Å². The number of ether oxygens (including phenoxy) is 5. The third-order valence-corrected chi connectivity index (χ3v) is 3.67. The number of aromatic amines is 2. The predicted octanol–water partition coefficient (Wildman–Crippen LogP) is -0.804. The van der Waals surface area contributed by atoms with Crippen molar-refractivity contribution >= 4 is 0 Å². The minimum Gasteiger partial charge on any atom is -0.382 e. The van der Waals surface area contributed by atoms with E-state index in [1.54, 1.807) is 21.3 Å². The van der Waals surface area contributed by atoms with Crippen LogP contribution >= 0.6 is 0 Å². The summed E-state index contributed by atoms with van der Waals surface area (Å²) in [6, 6.07) is 0. The number of H-pyrrole nitrogens is 2. The Morgan fingerprint density at radius 2 is 1.91 bits per heavy atom. The molecule has 2 rings (SSSR count). The van der Waals surface area contributed by atoms with Crippen LogP contribution in [0.2, 0.25) is 0 Å². The molecule has 1 fully saturated rings. The smallest absolute Gasteiger partial charge is 0.325 e. The number of methoxy groups -OCH3 is 3. The van der Waals surface area contributed by atoms with E-state index in [4.69, 9.17) is 23.7 Å². The normalized spacial score (nSPS) is 27.4. The molecule has 0 radical (unpaired) electrons. The van der Waals surface area contributed by atoms with E-state index in [9.17, 15) is 9.59 Å². The van der Waals surface area contributed by atoms with Gasteiger partial charge in [0.25, 0.3) is 5.56 Å². The summed E-state index contributed by atoms with van der Waals surface area (Å²) in [6.45, 7) is 1.01. The van der Waals surface area contributed by atoms with Crippen LogP contribution in [-0.2, 0) is 23.7 Å². The fourth-order valence-electron chi connectivity index (χ4n) is 2.64. The second-order valence-corrected chi connectivity index (χ2v) is 5.11. The van der Waals surface area contributed by atoms with Gasteiger partial charge in [-0.1, -0.05) is 0 Å². The Kier molecular flexibility index (Phi) is 6.48. The summed E-state index contributed by atoms with van der Waals surface area (Å²) < 4.78 is 27.3. The Labute approximate surface area is 132 Å². The maximum Gasteiger partial charge on any atom is 0.325 e. The van der Waals surface area contributed by atoms with Crippen molar-refractivity contribution in [3.05, 3.63) is 32.6 Å². The van der Waals surface area contributed by atoms with Crippen molar-refractivity contribution in [2.24, 2.45) is 0 Å². The van der Waals surface area contributed by atoms with Crippen molar-refractivity contribution in [2.45, 2.75) is 24.4 Å². The summed E-state index contributed by atoms with van der Waals surface area (Å²) in [5, 5.41) is 0. The average Bonchev–Trinajstić information content (AvgIpc) is 2.85. The molecule has 0 amide bonds. The van der Waals surface area contributed by atoms with E-state index in [1.165, 1.54) is 6.20 Å². The Bertz CT molecular complexity index is 599. The number of hydrogen-bond donors (Lipinski definition) is 2. The lowest BCUT2D eigenvalue weighted by Gasteiger charge is -2.23. The van der Waals surface area contributed by atoms with Gasteiger partial charge in [-0.15, -0.1) is 0 Å². The largest absolute Gasteiger partial charge is 0.382 e. The van der Waals surface area contributed by atoms with Crippen LogP contribution in [0.1, 0.15) is 11.7 Å². The highest BCUT2D eigenvalue weighted by atomic mass is 16.6. The van der Waals surface area contributed by atoms with E-state index in [1.807, 2.05) is 0 Å². The molecule has 4 atom stereocenters. The van der Waals surface area contributed by atoms with E-state index in [0.29, 0.717) is 19.8 Å². The lowest BCUT2D eigenvalue weighted by molar-refractivity contribution is -0.0659. The van der Waals surface area contributed by atoms with E-state index >= 15 is 0 Å². The van der Waals surface area contributed by atoms with Gasteiger partial charge < -0.3 is 28.7 Å². The van der Waals surface area contributed by atoms with Gasteiger partial charge in [0.1, 0.15) is 24.4 Å². The summed E-state index contributed by atoms with van der Waals surface area (Å²) in [5.74, 6) is 0. The van der Waals surface area contributed by atoms with Gasteiger partial charge in [-0.25, -0.2) is 4.79 Å². The first-order chi connectivity index (χ1) is 11.1. The summed E-state index contributed by atoms with van der Waals surface area (Å²) in [5.41, 5.74) is -0.829. The summed E-state index contributed by atoms with van der Waals surface area (Å²) in [7, 11) is 4.67. The van der Waals surface area contributed by atoms with E-state index in [0.717, 1.165) is 0 Å². The van der Waals surface area contributed by atoms with Gasteiger partial charge in [-0.05, 0) is 0 Å². The molecule has 0 bridgehead atoms. The van der Waals surface area contributed by atoms with Crippen LogP contribution in [0.5, 0.6) is 0 Å². The lowest BCUT2D eigenvalue weighted by Crippen LogP contribution is -2.38. The van der Waals surface area contributed by atoms with Crippen molar-refractivity contribution in [3.8, 4) is 0 Å². The van der Waals surface area contributed by atoms with E-state index < -0.39 is 35.7 Å². The topological polar surface area (TPSA) is 112 Å². The fourth-order valence-corrected chi connectivity index (χ4v) is 2.64. The molecule has 130 valence electrons. The first-order valence-electron chi connectivity index (χ1n) is 7.22. The molecule has 9 nitrogen and oxygen atoms in total. The summed E-state index contributed by atoms with van der Waals surface area (Å²) >= 11 is 0. The maximum absolute atomic E-state index is 12.1. The second kappa shape index (κ2) is 8.37. The lowest BCUT2D eigenvalue weighted by atomic mass is 10.0. The van der Waals surface area contributed by atoms with Crippen molar-refractivity contribution < 1.29 is 23.7 Å². The highest BCUT2D eigenvalue weighted by molar-refractivity contribution is 5.14. The number of hydrogen-bond acceptors (Lipinski definition) is 7. The summed E-state index contributed by atoms with van der Waals surface area (Å²) in [6.07, 6.45) is -0.683. The fraction of sp³-hybridized carbons (Fsp3) is 0.714. The average molecular weight is 330 g/mol. The standard InChI is InChI=1S/C14H22N2O7/c1-19-4-5-22-12-10(8-6-15-14(18)16-13(8)17)23-9(7-20-2)11(12)21-3/h6,9-12H,4-5,7H2,1-3H3,(H2,15,16,17,18)/t9-,10+,11?,12?/m1/s1. The maximum atomic E-state index is 12.1. The minimum absolute atomic E-state index is 0.271. The zero-order chi connectivity index (χ0) is 16.8. The number of aromatic nitrogens is 2. The molecular formula is C14H22N2O7. The van der Waals surface area contributed by atoms with Gasteiger partial charge in [0.2, 0.25) is 0 Å². The minimum atomic E-state index is -0.683. The Balaban J connectivity index is 2.29. The zero-order valence-corrected chi connectivity index (χ0v) is 13.4. The quantitative estimate of drug-likeness (QED) is 0.600. The van der Waals surface area contributed by atoms with Gasteiger partial charge in [-0.2, -0.15) is 0 Å². The highest BCUT2D eigenvalue weighted by Crippen LogP contribution is 2.35. The van der Waals surface area contributed by atoms with Crippen LogP contribution in [0, 0.1) is 0 Å². The molecule has 1 aromatic rings. The van der Waals surface area contributed by atoms with E-state index in [-0.39, 0.29) is 5.56 Å². The van der Waals surface area contributed by atoms with Gasteiger partial charge in [0.15, 0.2) is 0 Å². The molecule has 1 saturated heterocycles. The number of rotatable bonds is 8. The molecular weight excluding hydrogens is 308 g/mol. The Morgan fingerprint density at radius 3 is 2.52 bits per heavy atom. The summed E-state index contributed by atoms with van der Waals surface area (Å²) in [4.78, 5) is 27.9. The highest BCUT2D eigenvalue weighted by Gasteiger charge is 2.47. The third kappa shape index (κ3) is 4.06. The van der Waals surface area contributed by atoms with E-state index in [2.05, 4.69) is 9.97 Å². The molecule has 2 unspecified atom stereocenters. The molecule has 2 N–H and O–H groups in total. The van der Waals surface area contributed by atoms with Gasteiger partial charge >= 0.3 is 5.69 Å². The van der Waals surface area contributed by atoms with Crippen LogP contribution in [0.15, 0.2) is 15.8 Å². The zero-order valence-electron chi connectivity index (χ0n) is 13.4. The Morgan fingerprint density at radius 1 is 1.13 bits per heavy atom. The Hall–Kier alpha value is -1.52. The van der Waals surface area contributed by atoms with Gasteiger partial charge in [0, 0.05) is 27.5 Å². The number of nitrogens with one attached hydrogen (secondary N) is 2. The molecule has 0 spiro atoms. The molecule has 0 aromatic carbocycles. The molecule has 1 aliphatic heterocycles. The first kappa shape index (κ1) is 17.8. The molecule has 1 aromatic heterocycles. The molecule has 0 saturated carbocycles. The van der Waals surface area contributed by atoms with Crippen LogP contribution in [0.4, 0.5) is 0 Å². The predicted molar refractivity (Wildman–Crippen MR) is 79.6 cm³/mol. The molecule has 1 aliphatic rings. The van der Waals surface area contributed by atoms with Crippen molar-refractivity contribution in [3.63, 3.8) is 0 Å². The van der Waals surface area contributed by atoms with Crippen molar-refractivity contribution in [2.75, 3.05) is 41.2 Å². The van der Waals surface area contributed by atoms with Crippen molar-refractivity contribution in [1.82, 2.24) is 9.97 Å². The van der Waals surface area contributed by atoms with Crippen LogP contribution < -0.4 is 11.2 Å². The van der Waals surface area contributed by atoms with Crippen LogP contribution in [0.25, 0.3) is 0 Å².